The molecule has 0 aliphatic heterocycles. The summed E-state index contributed by atoms with van der Waals surface area (Å²) in [5, 5.41) is 7.81. The fourth-order valence-corrected chi connectivity index (χ4v) is 2.46. The summed E-state index contributed by atoms with van der Waals surface area (Å²) < 4.78 is 6.60. The van der Waals surface area contributed by atoms with E-state index >= 15 is 0 Å². The van der Waals surface area contributed by atoms with Crippen LogP contribution in [-0.4, -0.2) is 53.9 Å². The van der Waals surface area contributed by atoms with Gasteiger partial charge in [-0.15, -0.1) is 24.0 Å². The molecule has 25 heavy (non-hydrogen) atoms. The van der Waals surface area contributed by atoms with Crippen LogP contribution in [0.5, 0.6) is 0 Å². The molecule has 0 radical (unpaired) electrons. The Morgan fingerprint density at radius 2 is 2.08 bits per heavy atom. The number of aliphatic imine (C=N–C) groups is 1. The van der Waals surface area contributed by atoms with E-state index in [-0.39, 0.29) is 35.9 Å². The lowest BCUT2D eigenvalue weighted by Gasteiger charge is -2.22. The lowest BCUT2D eigenvalue weighted by atomic mass is 10.1. The van der Waals surface area contributed by atoms with E-state index in [9.17, 15) is 4.79 Å². The second kappa shape index (κ2) is 11.3. The quantitative estimate of drug-likeness (QED) is 0.290. The molecular weight excluding hydrogens is 433 g/mol. The molecule has 0 saturated heterocycles. The Bertz CT molecular complexity index is 571. The van der Waals surface area contributed by atoms with Crippen LogP contribution in [-0.2, 0) is 23.1 Å². The summed E-state index contributed by atoms with van der Waals surface area (Å²) in [6.07, 6.45) is 2.05. The van der Waals surface area contributed by atoms with Gasteiger partial charge in [-0.05, 0) is 12.8 Å². The van der Waals surface area contributed by atoms with Gasteiger partial charge in [0.2, 0.25) is 0 Å². The molecule has 7 nitrogen and oxygen atoms in total. The maximum atomic E-state index is 11.5. The highest BCUT2D eigenvalue weighted by atomic mass is 127. The lowest BCUT2D eigenvalue weighted by Crippen LogP contribution is -2.39. The molecule has 0 aliphatic rings. The highest BCUT2D eigenvalue weighted by Gasteiger charge is 2.16. The normalized spacial score (nSPS) is 12.6. The molecule has 144 valence electrons. The van der Waals surface area contributed by atoms with Crippen molar-refractivity contribution in [3.8, 4) is 0 Å². The summed E-state index contributed by atoms with van der Waals surface area (Å²) in [6.45, 7) is 9.99. The number of hydrogen-bond donors (Lipinski definition) is 1. The number of halogens is 1. The Hall–Kier alpha value is -1.32. The molecule has 0 amide bonds. The summed E-state index contributed by atoms with van der Waals surface area (Å²) >= 11 is 0. The number of aryl methyl sites for hydroxylation is 1. The van der Waals surface area contributed by atoms with E-state index < -0.39 is 0 Å². The van der Waals surface area contributed by atoms with Crippen LogP contribution in [0.2, 0.25) is 0 Å². The first-order chi connectivity index (χ1) is 11.3. The van der Waals surface area contributed by atoms with Crippen molar-refractivity contribution in [1.82, 2.24) is 20.0 Å². The fourth-order valence-electron chi connectivity index (χ4n) is 2.46. The molecule has 0 aliphatic carbocycles. The largest absolute Gasteiger partial charge is 0.469 e. The van der Waals surface area contributed by atoms with Gasteiger partial charge < -0.3 is 15.0 Å². The number of nitrogens with zero attached hydrogens (tertiary/aromatic N) is 4. The number of carbonyl (C=O) groups is 1. The molecule has 1 heterocycles. The van der Waals surface area contributed by atoms with E-state index in [1.54, 1.807) is 0 Å². The lowest BCUT2D eigenvalue weighted by molar-refractivity contribution is -0.144. The third-order valence-corrected chi connectivity index (χ3v) is 3.71. The summed E-state index contributed by atoms with van der Waals surface area (Å²) in [7, 11) is 5.32. The van der Waals surface area contributed by atoms with Crippen LogP contribution in [0, 0.1) is 5.92 Å². The van der Waals surface area contributed by atoms with Gasteiger partial charge in [0, 0.05) is 38.9 Å². The molecular formula is C17H32IN5O2. The third-order valence-electron chi connectivity index (χ3n) is 3.71. The van der Waals surface area contributed by atoms with E-state index in [0.717, 1.165) is 18.2 Å². The number of aromatic nitrogens is 2. The van der Waals surface area contributed by atoms with Crippen molar-refractivity contribution in [2.45, 2.75) is 40.2 Å². The number of methoxy groups -OCH3 is 1. The molecule has 0 spiro atoms. The molecule has 1 rings (SSSR count). The van der Waals surface area contributed by atoms with Gasteiger partial charge in [0.25, 0.3) is 0 Å². The summed E-state index contributed by atoms with van der Waals surface area (Å²) in [4.78, 5) is 18.1. The number of rotatable bonds is 7. The van der Waals surface area contributed by atoms with Gasteiger partial charge in [-0.3, -0.25) is 14.5 Å². The second-order valence-corrected chi connectivity index (χ2v) is 6.34. The van der Waals surface area contributed by atoms with Crippen LogP contribution in [0.4, 0.5) is 0 Å². The third kappa shape index (κ3) is 7.21. The Morgan fingerprint density at radius 3 is 2.60 bits per heavy atom. The van der Waals surface area contributed by atoms with Gasteiger partial charge in [0.05, 0.1) is 25.3 Å². The number of guanidine groups is 1. The number of ether oxygens (including phenoxy) is 1. The van der Waals surface area contributed by atoms with Gasteiger partial charge in [0.1, 0.15) is 0 Å². The van der Waals surface area contributed by atoms with Crippen molar-refractivity contribution >= 4 is 35.9 Å². The summed E-state index contributed by atoms with van der Waals surface area (Å²) in [6, 6.07) is 0. The average molecular weight is 465 g/mol. The zero-order valence-corrected chi connectivity index (χ0v) is 18.7. The van der Waals surface area contributed by atoms with Crippen LogP contribution >= 0.6 is 24.0 Å². The van der Waals surface area contributed by atoms with Crippen molar-refractivity contribution in [3.63, 3.8) is 0 Å². The van der Waals surface area contributed by atoms with Crippen LogP contribution in [0.1, 0.15) is 44.9 Å². The van der Waals surface area contributed by atoms with Crippen LogP contribution in [0.25, 0.3) is 0 Å². The second-order valence-electron chi connectivity index (χ2n) is 6.34. The highest BCUT2D eigenvalue weighted by molar-refractivity contribution is 14.0. The van der Waals surface area contributed by atoms with Crippen molar-refractivity contribution in [3.05, 3.63) is 17.5 Å². The van der Waals surface area contributed by atoms with Crippen molar-refractivity contribution in [2.24, 2.45) is 18.0 Å². The molecule has 1 N–H and O–H groups in total. The summed E-state index contributed by atoms with van der Waals surface area (Å²) in [5.74, 6) is 0.633. The molecule has 1 atom stereocenters. The van der Waals surface area contributed by atoms with Crippen LogP contribution in [0.15, 0.2) is 11.2 Å². The zero-order valence-electron chi connectivity index (χ0n) is 16.4. The standard InChI is InChI=1S/C17H31N5O2.HI/c1-8-18-17(19-9-13(4)16(23)24-7)21(5)10-14-11-22(6)20-15(14)12(2)3;/h11-13H,8-10H2,1-7H3,(H,18,19);1H. The van der Waals surface area contributed by atoms with E-state index in [2.05, 4.69) is 34.2 Å². The van der Waals surface area contributed by atoms with E-state index in [4.69, 9.17) is 4.74 Å². The van der Waals surface area contributed by atoms with Crippen molar-refractivity contribution < 1.29 is 9.53 Å². The smallest absolute Gasteiger partial charge is 0.310 e. The van der Waals surface area contributed by atoms with E-state index in [1.165, 1.54) is 12.7 Å². The Labute approximate surface area is 168 Å². The maximum Gasteiger partial charge on any atom is 0.310 e. The summed E-state index contributed by atoms with van der Waals surface area (Å²) in [5.41, 5.74) is 2.28. The first-order valence-corrected chi connectivity index (χ1v) is 8.39. The van der Waals surface area contributed by atoms with Gasteiger partial charge in [-0.2, -0.15) is 5.10 Å². The molecule has 0 saturated carbocycles. The van der Waals surface area contributed by atoms with E-state index in [0.29, 0.717) is 19.0 Å². The molecule has 1 aromatic heterocycles. The number of carbonyl (C=O) groups excluding carboxylic acids is 1. The highest BCUT2D eigenvalue weighted by Crippen LogP contribution is 2.18. The van der Waals surface area contributed by atoms with Gasteiger partial charge in [-0.25, -0.2) is 0 Å². The van der Waals surface area contributed by atoms with Gasteiger partial charge in [-0.1, -0.05) is 20.8 Å². The van der Waals surface area contributed by atoms with E-state index in [1.807, 2.05) is 38.8 Å². The minimum Gasteiger partial charge on any atom is -0.469 e. The van der Waals surface area contributed by atoms with Crippen molar-refractivity contribution in [1.29, 1.82) is 0 Å². The maximum absolute atomic E-state index is 11.5. The predicted molar refractivity (Wildman–Crippen MR) is 111 cm³/mol. The molecule has 1 aromatic rings. The van der Waals surface area contributed by atoms with Gasteiger partial charge in [0.15, 0.2) is 5.96 Å². The average Bonchev–Trinajstić information content (AvgIpc) is 2.90. The predicted octanol–water partition coefficient (Wildman–Crippen LogP) is 2.37. The van der Waals surface area contributed by atoms with Crippen LogP contribution in [0.3, 0.4) is 0 Å². The zero-order chi connectivity index (χ0) is 18.3. The van der Waals surface area contributed by atoms with Crippen LogP contribution < -0.4 is 5.32 Å². The number of nitrogens with one attached hydrogen (secondary N) is 1. The Morgan fingerprint density at radius 1 is 1.44 bits per heavy atom. The number of hydrogen-bond acceptors (Lipinski definition) is 4. The molecule has 0 aromatic carbocycles. The Balaban J connectivity index is 0.00000576. The minimum atomic E-state index is -0.262. The Kier molecular flexibility index (Phi) is 10.7. The molecule has 0 fully saturated rings. The van der Waals surface area contributed by atoms with Gasteiger partial charge >= 0.3 is 5.97 Å². The molecule has 0 bridgehead atoms. The SMILES string of the molecule is CCNC(=NCC(C)C(=O)OC)N(C)Cc1cn(C)nc1C(C)C.I. The molecule has 1 unspecified atom stereocenters. The fraction of sp³-hybridized carbons (Fsp3) is 0.706. The monoisotopic (exact) mass is 465 g/mol. The minimum absolute atomic E-state index is 0. The van der Waals surface area contributed by atoms with Crippen molar-refractivity contribution in [2.75, 3.05) is 27.2 Å². The topological polar surface area (TPSA) is 71.8 Å². The molecule has 8 heteroatoms. The first-order valence-electron chi connectivity index (χ1n) is 8.39. The number of esters is 1. The first kappa shape index (κ1) is 23.7.